The van der Waals surface area contributed by atoms with Crippen LogP contribution in [0, 0.1) is 0 Å². The second kappa shape index (κ2) is 7.25. The van der Waals surface area contributed by atoms with E-state index < -0.39 is 0 Å². The van der Waals surface area contributed by atoms with E-state index in [1.54, 1.807) is 0 Å². The molecule has 7 nitrogen and oxygen atoms in total. The van der Waals surface area contributed by atoms with Gasteiger partial charge in [0.1, 0.15) is 0 Å². The highest BCUT2D eigenvalue weighted by atomic mass is 16.7. The molecule has 25 heavy (non-hydrogen) atoms. The summed E-state index contributed by atoms with van der Waals surface area (Å²) in [5.74, 6) is 0.443. The summed E-state index contributed by atoms with van der Waals surface area (Å²) in [5, 5.41) is 8.51. The summed E-state index contributed by atoms with van der Waals surface area (Å²) in [7, 11) is 0. The molecule has 0 atom stereocenters. The highest BCUT2D eigenvalue weighted by Crippen LogP contribution is 2.32. The van der Waals surface area contributed by atoms with Gasteiger partial charge in [-0.25, -0.2) is 0 Å². The summed E-state index contributed by atoms with van der Waals surface area (Å²) in [5.41, 5.74) is 0.446. The smallest absolute Gasteiger partial charge is 0.274 e. The lowest BCUT2D eigenvalue weighted by Gasteiger charge is -2.37. The van der Waals surface area contributed by atoms with Gasteiger partial charge in [0, 0.05) is 39.0 Å². The lowest BCUT2D eigenvalue weighted by Crippen LogP contribution is -2.45. The fourth-order valence-corrected chi connectivity index (χ4v) is 3.91. The molecule has 3 aliphatic heterocycles. The van der Waals surface area contributed by atoms with Gasteiger partial charge < -0.3 is 19.3 Å². The van der Waals surface area contributed by atoms with Gasteiger partial charge in [0.15, 0.2) is 17.3 Å². The molecule has 3 saturated heterocycles. The molecule has 0 aliphatic carbocycles. The van der Waals surface area contributed by atoms with Crippen molar-refractivity contribution in [1.29, 1.82) is 0 Å². The van der Waals surface area contributed by atoms with Crippen LogP contribution >= 0.6 is 0 Å². The Balaban J connectivity index is 1.37. The molecular formula is C18H26N4O3. The summed E-state index contributed by atoms with van der Waals surface area (Å²) in [6.45, 7) is 4.69. The number of anilines is 1. The second-order valence-corrected chi connectivity index (χ2v) is 7.08. The van der Waals surface area contributed by atoms with Gasteiger partial charge in [-0.2, -0.15) is 0 Å². The Morgan fingerprint density at radius 2 is 1.60 bits per heavy atom. The van der Waals surface area contributed by atoms with E-state index in [1.165, 1.54) is 12.8 Å². The molecule has 4 heterocycles. The molecular weight excluding hydrogens is 320 g/mol. The lowest BCUT2D eigenvalue weighted by atomic mass is 10.0. The van der Waals surface area contributed by atoms with Crippen molar-refractivity contribution in [3.8, 4) is 0 Å². The van der Waals surface area contributed by atoms with Gasteiger partial charge in [-0.1, -0.05) is 12.8 Å². The molecule has 3 aliphatic rings. The van der Waals surface area contributed by atoms with Crippen LogP contribution in [-0.2, 0) is 9.47 Å². The summed E-state index contributed by atoms with van der Waals surface area (Å²) in [6, 6.07) is 3.72. The standard InChI is InChI=1S/C18H26N4O3/c23-17(22-9-3-1-2-4-10-22)15-5-6-16(20-19-15)21-11-7-18(8-12-21)24-13-14-25-18/h5-6H,1-4,7-14H2. The average molecular weight is 346 g/mol. The summed E-state index contributed by atoms with van der Waals surface area (Å²) in [4.78, 5) is 16.7. The minimum absolute atomic E-state index is 0.00584. The van der Waals surface area contributed by atoms with Gasteiger partial charge in [0.2, 0.25) is 0 Å². The Morgan fingerprint density at radius 3 is 2.20 bits per heavy atom. The van der Waals surface area contributed by atoms with E-state index >= 15 is 0 Å². The Labute approximate surface area is 148 Å². The first-order chi connectivity index (χ1) is 12.3. The summed E-state index contributed by atoms with van der Waals surface area (Å²) < 4.78 is 11.5. The Morgan fingerprint density at radius 1 is 0.920 bits per heavy atom. The molecule has 0 N–H and O–H groups in total. The van der Waals surface area contributed by atoms with Gasteiger partial charge in [-0.3, -0.25) is 4.79 Å². The van der Waals surface area contributed by atoms with Crippen molar-refractivity contribution in [1.82, 2.24) is 15.1 Å². The maximum Gasteiger partial charge on any atom is 0.274 e. The van der Waals surface area contributed by atoms with Gasteiger partial charge in [-0.15, -0.1) is 10.2 Å². The lowest BCUT2D eigenvalue weighted by molar-refractivity contribution is -0.169. The maximum absolute atomic E-state index is 12.6. The van der Waals surface area contributed by atoms with Gasteiger partial charge in [0.05, 0.1) is 13.2 Å². The minimum Gasteiger partial charge on any atom is -0.355 e. The first-order valence-corrected chi connectivity index (χ1v) is 9.42. The molecule has 0 unspecified atom stereocenters. The van der Waals surface area contributed by atoms with Crippen molar-refractivity contribution in [3.05, 3.63) is 17.8 Å². The number of hydrogen-bond donors (Lipinski definition) is 0. The normalized spacial score (nSPS) is 23.7. The van der Waals surface area contributed by atoms with E-state index in [0.29, 0.717) is 18.9 Å². The van der Waals surface area contributed by atoms with Crippen LogP contribution in [0.3, 0.4) is 0 Å². The van der Waals surface area contributed by atoms with Gasteiger partial charge >= 0.3 is 0 Å². The number of carbonyl (C=O) groups excluding carboxylic acids is 1. The predicted molar refractivity (Wildman–Crippen MR) is 92.5 cm³/mol. The van der Waals surface area contributed by atoms with Crippen molar-refractivity contribution in [2.24, 2.45) is 0 Å². The van der Waals surface area contributed by atoms with Crippen LogP contribution in [0.25, 0.3) is 0 Å². The zero-order chi connectivity index (χ0) is 17.1. The molecule has 0 radical (unpaired) electrons. The minimum atomic E-state index is -0.382. The number of carbonyl (C=O) groups is 1. The number of nitrogens with zero attached hydrogens (tertiary/aromatic N) is 4. The van der Waals surface area contributed by atoms with Gasteiger partial charge in [0.25, 0.3) is 5.91 Å². The highest BCUT2D eigenvalue weighted by molar-refractivity contribution is 5.92. The molecule has 1 spiro atoms. The quantitative estimate of drug-likeness (QED) is 0.814. The van der Waals surface area contributed by atoms with Crippen molar-refractivity contribution in [2.45, 2.75) is 44.3 Å². The van der Waals surface area contributed by atoms with Crippen LogP contribution in [0.5, 0.6) is 0 Å². The molecule has 0 aromatic carbocycles. The predicted octanol–water partition coefficient (Wildman–Crippen LogP) is 1.84. The fourth-order valence-electron chi connectivity index (χ4n) is 3.91. The van der Waals surface area contributed by atoms with Crippen LogP contribution in [0.2, 0.25) is 0 Å². The molecule has 1 aromatic heterocycles. The van der Waals surface area contributed by atoms with Crippen molar-refractivity contribution in [2.75, 3.05) is 44.3 Å². The number of amides is 1. The number of rotatable bonds is 2. The van der Waals surface area contributed by atoms with Crippen LogP contribution in [0.4, 0.5) is 5.82 Å². The third-order valence-corrected chi connectivity index (χ3v) is 5.43. The van der Waals surface area contributed by atoms with E-state index in [4.69, 9.17) is 9.47 Å². The van der Waals surface area contributed by atoms with E-state index in [9.17, 15) is 4.79 Å². The third kappa shape index (κ3) is 3.62. The first kappa shape index (κ1) is 16.7. The number of hydrogen-bond acceptors (Lipinski definition) is 6. The summed E-state index contributed by atoms with van der Waals surface area (Å²) >= 11 is 0. The van der Waals surface area contributed by atoms with Crippen molar-refractivity contribution >= 4 is 11.7 Å². The Hall–Kier alpha value is -1.73. The number of ether oxygens (including phenoxy) is 2. The molecule has 4 rings (SSSR count). The molecule has 0 saturated carbocycles. The Bertz CT molecular complexity index is 583. The monoisotopic (exact) mass is 346 g/mol. The topological polar surface area (TPSA) is 67.8 Å². The second-order valence-electron chi connectivity index (χ2n) is 7.08. The number of likely N-dealkylation sites (tertiary alicyclic amines) is 1. The molecule has 1 aromatic rings. The molecule has 136 valence electrons. The molecule has 0 bridgehead atoms. The number of piperidine rings is 1. The van der Waals surface area contributed by atoms with Gasteiger partial charge in [-0.05, 0) is 25.0 Å². The SMILES string of the molecule is O=C(c1ccc(N2CCC3(CC2)OCCO3)nn1)N1CCCCCC1. The third-order valence-electron chi connectivity index (χ3n) is 5.43. The van der Waals surface area contributed by atoms with Crippen LogP contribution in [0.1, 0.15) is 49.0 Å². The van der Waals surface area contributed by atoms with E-state index in [0.717, 1.165) is 57.7 Å². The van der Waals surface area contributed by atoms with E-state index in [-0.39, 0.29) is 11.7 Å². The maximum atomic E-state index is 12.6. The van der Waals surface area contributed by atoms with Crippen LogP contribution < -0.4 is 4.90 Å². The first-order valence-electron chi connectivity index (χ1n) is 9.42. The molecule has 7 heteroatoms. The Kier molecular flexibility index (Phi) is 4.85. The highest BCUT2D eigenvalue weighted by Gasteiger charge is 2.40. The average Bonchev–Trinajstić information content (AvgIpc) is 2.94. The van der Waals surface area contributed by atoms with Crippen molar-refractivity contribution < 1.29 is 14.3 Å². The zero-order valence-corrected chi connectivity index (χ0v) is 14.7. The molecule has 1 amide bonds. The van der Waals surface area contributed by atoms with Crippen LogP contribution in [0.15, 0.2) is 12.1 Å². The largest absolute Gasteiger partial charge is 0.355 e. The number of aromatic nitrogens is 2. The summed E-state index contributed by atoms with van der Waals surface area (Å²) in [6.07, 6.45) is 6.25. The fraction of sp³-hybridized carbons (Fsp3) is 0.722. The van der Waals surface area contributed by atoms with E-state index in [1.807, 2.05) is 17.0 Å². The van der Waals surface area contributed by atoms with E-state index in [2.05, 4.69) is 15.1 Å². The zero-order valence-electron chi connectivity index (χ0n) is 14.7. The molecule has 3 fully saturated rings. The van der Waals surface area contributed by atoms with Crippen molar-refractivity contribution in [3.63, 3.8) is 0 Å². The van der Waals surface area contributed by atoms with Crippen LogP contribution in [-0.4, -0.2) is 66.2 Å².